The van der Waals surface area contributed by atoms with Gasteiger partial charge in [0.05, 0.1) is 52.9 Å². The molecule has 9 atom stereocenters. The van der Waals surface area contributed by atoms with Crippen molar-refractivity contribution in [3.63, 3.8) is 0 Å². The van der Waals surface area contributed by atoms with Crippen molar-refractivity contribution in [3.8, 4) is 0 Å². The maximum Gasteiger partial charge on any atom is 0.407 e. The maximum absolute atomic E-state index is 12.7. The van der Waals surface area contributed by atoms with Crippen molar-refractivity contribution in [2.45, 2.75) is 131 Å². The normalized spacial score (nSPS) is 31.4. The Labute approximate surface area is 310 Å². The Hall–Kier alpha value is -1.23. The van der Waals surface area contributed by atoms with Gasteiger partial charge in [-0.25, -0.2) is 4.79 Å². The van der Waals surface area contributed by atoms with Gasteiger partial charge in [-0.1, -0.05) is 65.5 Å². The highest BCUT2D eigenvalue weighted by Gasteiger charge is 2.59. The first kappa shape index (κ1) is 42.5. The van der Waals surface area contributed by atoms with Gasteiger partial charge in [0.2, 0.25) is 0 Å². The fourth-order valence-corrected chi connectivity index (χ4v) is 10.5. The molecule has 3 unspecified atom stereocenters. The summed E-state index contributed by atoms with van der Waals surface area (Å²) >= 11 is 0. The molecule has 3 fully saturated rings. The first-order chi connectivity index (χ1) is 24.6. The molecule has 9 nitrogen and oxygen atoms in total. The molecule has 0 heterocycles. The SMILES string of the molecule is CCOCC(O)COCCOCCOCCOCCCNC(=O)OC1CC[C@@]2(C)C(=CC[C@@H]3[C@@H]2CC[C@]2(C)C([C@H](C)CCCC(C)C)CC[C@@H]32)C1. The molecular formula is C42H75NO8. The monoisotopic (exact) mass is 722 g/mol. The fraction of sp³-hybridized carbons (Fsp3) is 0.929. The molecular weight excluding hydrogens is 646 g/mol. The van der Waals surface area contributed by atoms with Crippen LogP contribution in [-0.4, -0.2) is 96.0 Å². The van der Waals surface area contributed by atoms with Gasteiger partial charge in [0.25, 0.3) is 0 Å². The second-order valence-corrected chi connectivity index (χ2v) is 17.1. The quantitative estimate of drug-likeness (QED) is 0.0764. The molecule has 51 heavy (non-hydrogen) atoms. The van der Waals surface area contributed by atoms with Crippen molar-refractivity contribution >= 4 is 6.09 Å². The lowest BCUT2D eigenvalue weighted by Crippen LogP contribution is -2.51. The maximum atomic E-state index is 12.7. The summed E-state index contributed by atoms with van der Waals surface area (Å²) in [7, 11) is 0. The summed E-state index contributed by atoms with van der Waals surface area (Å²) in [4.78, 5) is 12.7. The molecule has 1 amide bonds. The molecule has 0 aromatic carbocycles. The van der Waals surface area contributed by atoms with Crippen LogP contribution >= 0.6 is 0 Å². The number of allylic oxidation sites excluding steroid dienone is 1. The zero-order chi connectivity index (χ0) is 36.7. The Bertz CT molecular complexity index is 1040. The second kappa shape index (κ2) is 21.6. The minimum Gasteiger partial charge on any atom is -0.446 e. The van der Waals surface area contributed by atoms with E-state index in [0.717, 1.165) is 61.2 Å². The number of carbonyl (C=O) groups is 1. The van der Waals surface area contributed by atoms with Crippen LogP contribution in [0.25, 0.3) is 0 Å². The summed E-state index contributed by atoms with van der Waals surface area (Å²) in [5.74, 6) is 5.03. The third-order valence-corrected chi connectivity index (χ3v) is 13.2. The number of rotatable bonds is 24. The van der Waals surface area contributed by atoms with Gasteiger partial charge in [-0.3, -0.25) is 0 Å². The van der Waals surface area contributed by atoms with Crippen LogP contribution in [0.1, 0.15) is 119 Å². The zero-order valence-corrected chi connectivity index (χ0v) is 33.3. The molecule has 4 aliphatic carbocycles. The van der Waals surface area contributed by atoms with E-state index in [1.165, 1.54) is 51.4 Å². The molecule has 296 valence electrons. The molecule has 3 saturated carbocycles. The van der Waals surface area contributed by atoms with Gasteiger partial charge in [0.1, 0.15) is 12.2 Å². The minimum absolute atomic E-state index is 0.0271. The standard InChI is InChI=1S/C42H75NO8/c1-7-46-29-34(44)30-50-27-26-49-25-24-48-23-22-47-21-9-20-43-40(45)51-35-16-18-41(5)33(28-35)12-13-36-38-15-14-37(32(4)11-8-10-31(2)3)42(38,6)19-17-39(36)41/h12,31-32,34-39,44H,7-11,13-30H2,1-6H3,(H,43,45)/t32-,34?,35?,36+,37?,38+,39+,41+,42-/m1/s1. The van der Waals surface area contributed by atoms with E-state index in [2.05, 4.69) is 46.0 Å². The van der Waals surface area contributed by atoms with Crippen LogP contribution in [0.5, 0.6) is 0 Å². The van der Waals surface area contributed by atoms with E-state index in [9.17, 15) is 9.90 Å². The molecule has 0 aromatic rings. The van der Waals surface area contributed by atoms with Crippen molar-refractivity contribution in [2.75, 3.05) is 72.6 Å². The van der Waals surface area contributed by atoms with E-state index in [0.29, 0.717) is 64.8 Å². The third kappa shape index (κ3) is 12.4. The van der Waals surface area contributed by atoms with E-state index in [1.807, 2.05) is 6.92 Å². The molecule has 0 radical (unpaired) electrons. The first-order valence-corrected chi connectivity index (χ1v) is 20.8. The summed E-state index contributed by atoms with van der Waals surface area (Å²) in [5.41, 5.74) is 2.34. The summed E-state index contributed by atoms with van der Waals surface area (Å²) in [5, 5.41) is 12.6. The number of hydrogen-bond acceptors (Lipinski definition) is 8. The lowest BCUT2D eigenvalue weighted by molar-refractivity contribution is -0.0581. The highest BCUT2D eigenvalue weighted by atomic mass is 16.6. The van der Waals surface area contributed by atoms with Crippen molar-refractivity contribution in [3.05, 3.63) is 11.6 Å². The number of aliphatic hydroxyl groups is 1. The van der Waals surface area contributed by atoms with Gasteiger partial charge in [0, 0.05) is 26.2 Å². The van der Waals surface area contributed by atoms with Crippen LogP contribution in [0.3, 0.4) is 0 Å². The summed E-state index contributed by atoms with van der Waals surface area (Å²) in [6, 6.07) is 0. The van der Waals surface area contributed by atoms with Crippen molar-refractivity contribution in [2.24, 2.45) is 46.3 Å². The van der Waals surface area contributed by atoms with Crippen LogP contribution in [0.4, 0.5) is 4.79 Å². The second-order valence-electron chi connectivity index (χ2n) is 17.1. The van der Waals surface area contributed by atoms with Crippen LogP contribution in [0.15, 0.2) is 11.6 Å². The van der Waals surface area contributed by atoms with Gasteiger partial charge < -0.3 is 38.8 Å². The van der Waals surface area contributed by atoms with Crippen LogP contribution in [0.2, 0.25) is 0 Å². The number of amides is 1. The molecule has 0 aromatic heterocycles. The zero-order valence-electron chi connectivity index (χ0n) is 33.3. The topological polar surface area (TPSA) is 105 Å². The third-order valence-electron chi connectivity index (χ3n) is 13.2. The number of aliphatic hydroxyl groups excluding tert-OH is 1. The molecule has 2 N–H and O–H groups in total. The van der Waals surface area contributed by atoms with E-state index in [-0.39, 0.29) is 30.8 Å². The highest BCUT2D eigenvalue weighted by molar-refractivity contribution is 5.67. The number of hydrogen-bond donors (Lipinski definition) is 2. The van der Waals surface area contributed by atoms with Crippen LogP contribution < -0.4 is 5.32 Å². The molecule has 4 aliphatic rings. The van der Waals surface area contributed by atoms with Crippen LogP contribution in [-0.2, 0) is 28.4 Å². The van der Waals surface area contributed by atoms with Crippen molar-refractivity contribution in [1.82, 2.24) is 5.32 Å². The Kier molecular flexibility index (Phi) is 18.0. The van der Waals surface area contributed by atoms with Gasteiger partial charge in [-0.15, -0.1) is 0 Å². The van der Waals surface area contributed by atoms with Crippen LogP contribution in [0, 0.1) is 46.3 Å². The number of nitrogens with one attached hydrogen (secondary N) is 1. The van der Waals surface area contributed by atoms with Gasteiger partial charge >= 0.3 is 6.09 Å². The largest absolute Gasteiger partial charge is 0.446 e. The van der Waals surface area contributed by atoms with E-state index in [4.69, 9.17) is 28.4 Å². The highest BCUT2D eigenvalue weighted by Crippen LogP contribution is 2.67. The molecule has 0 spiro atoms. The van der Waals surface area contributed by atoms with Gasteiger partial charge in [-0.2, -0.15) is 0 Å². The lowest BCUT2D eigenvalue weighted by atomic mass is 9.47. The predicted octanol–water partition coefficient (Wildman–Crippen LogP) is 7.98. The Morgan fingerprint density at radius 3 is 2.24 bits per heavy atom. The number of fused-ring (bicyclic) bond motifs is 5. The molecule has 0 aliphatic heterocycles. The molecule has 0 saturated heterocycles. The molecule has 4 rings (SSSR count). The Morgan fingerprint density at radius 2 is 1.53 bits per heavy atom. The summed E-state index contributed by atoms with van der Waals surface area (Å²) < 4.78 is 33.1. The minimum atomic E-state index is -0.605. The fourth-order valence-electron chi connectivity index (χ4n) is 10.5. The van der Waals surface area contributed by atoms with Gasteiger partial charge in [0.15, 0.2) is 0 Å². The van der Waals surface area contributed by atoms with Crippen molar-refractivity contribution in [1.29, 1.82) is 0 Å². The molecule has 0 bridgehead atoms. The molecule has 9 heteroatoms. The summed E-state index contributed by atoms with van der Waals surface area (Å²) in [6.07, 6.45) is 16.4. The Balaban J connectivity index is 1.04. The average Bonchev–Trinajstić information content (AvgIpc) is 3.46. The Morgan fingerprint density at radius 1 is 0.843 bits per heavy atom. The first-order valence-electron chi connectivity index (χ1n) is 20.8. The number of ether oxygens (including phenoxy) is 6. The van der Waals surface area contributed by atoms with Crippen molar-refractivity contribution < 1.29 is 38.3 Å². The van der Waals surface area contributed by atoms with E-state index >= 15 is 0 Å². The summed E-state index contributed by atoms with van der Waals surface area (Å²) in [6.45, 7) is 19.4. The predicted molar refractivity (Wildman–Crippen MR) is 202 cm³/mol. The average molecular weight is 722 g/mol. The van der Waals surface area contributed by atoms with Gasteiger partial charge in [-0.05, 0) is 105 Å². The van der Waals surface area contributed by atoms with E-state index < -0.39 is 6.10 Å². The number of carbonyl (C=O) groups excluding carboxylic acids is 1. The number of alkyl carbamates (subject to hydrolysis) is 1. The smallest absolute Gasteiger partial charge is 0.407 e. The lowest BCUT2D eigenvalue weighted by Gasteiger charge is -2.58. The van der Waals surface area contributed by atoms with E-state index in [1.54, 1.807) is 5.57 Å².